The Morgan fingerprint density at radius 2 is 1.76 bits per heavy atom. The van der Waals surface area contributed by atoms with Crippen molar-refractivity contribution in [2.75, 3.05) is 33.0 Å². The number of aryl methyl sites for hydroxylation is 1. The first-order chi connectivity index (χ1) is 15.9. The van der Waals surface area contributed by atoms with Gasteiger partial charge in [0.05, 0.1) is 5.56 Å². The predicted molar refractivity (Wildman–Crippen MR) is 120 cm³/mol. The van der Waals surface area contributed by atoms with Gasteiger partial charge in [0.15, 0.2) is 11.5 Å². The van der Waals surface area contributed by atoms with Crippen molar-refractivity contribution < 1.29 is 29.3 Å². The normalized spacial score (nSPS) is 17.4. The quantitative estimate of drug-likeness (QED) is 0.589. The van der Waals surface area contributed by atoms with Gasteiger partial charge in [-0.1, -0.05) is 6.07 Å². The maximum Gasteiger partial charge on any atom is 0.335 e. The molecule has 33 heavy (non-hydrogen) atoms. The van der Waals surface area contributed by atoms with E-state index in [9.17, 15) is 19.8 Å². The van der Waals surface area contributed by atoms with Gasteiger partial charge in [-0.25, -0.2) is 4.79 Å². The molecule has 5 rings (SSSR count). The molecule has 1 atom stereocenters. The Balaban J connectivity index is 1.34. The van der Waals surface area contributed by atoms with Crippen LogP contribution in [0.25, 0.3) is 10.9 Å². The molecule has 172 valence electrons. The van der Waals surface area contributed by atoms with Gasteiger partial charge in [0, 0.05) is 62.4 Å². The summed E-state index contributed by atoms with van der Waals surface area (Å²) in [5.74, 6) is -0.453. The van der Waals surface area contributed by atoms with Gasteiger partial charge in [-0.15, -0.1) is 0 Å². The summed E-state index contributed by atoms with van der Waals surface area (Å²) in [7, 11) is 1.84. The first kappa shape index (κ1) is 21.3. The van der Waals surface area contributed by atoms with Crippen molar-refractivity contribution >= 4 is 22.8 Å². The van der Waals surface area contributed by atoms with Crippen LogP contribution >= 0.6 is 0 Å². The van der Waals surface area contributed by atoms with Gasteiger partial charge >= 0.3 is 11.9 Å². The molecule has 1 aromatic heterocycles. The second-order valence-corrected chi connectivity index (χ2v) is 8.47. The molecule has 0 bridgehead atoms. The Morgan fingerprint density at radius 3 is 2.48 bits per heavy atom. The van der Waals surface area contributed by atoms with Gasteiger partial charge in [0.1, 0.15) is 6.04 Å². The second-order valence-electron chi connectivity index (χ2n) is 8.47. The number of ether oxygens (including phenoxy) is 2. The van der Waals surface area contributed by atoms with Crippen LogP contribution in [0.2, 0.25) is 0 Å². The first-order valence-electron chi connectivity index (χ1n) is 10.8. The smallest absolute Gasteiger partial charge is 0.335 e. The van der Waals surface area contributed by atoms with Gasteiger partial charge in [-0.2, -0.15) is 0 Å². The van der Waals surface area contributed by atoms with Crippen LogP contribution in [-0.2, 0) is 18.4 Å². The molecule has 0 unspecified atom stereocenters. The van der Waals surface area contributed by atoms with Crippen molar-refractivity contribution in [3.8, 4) is 11.5 Å². The molecule has 0 aliphatic carbocycles. The van der Waals surface area contributed by atoms with Crippen molar-refractivity contribution in [1.29, 1.82) is 0 Å². The number of hydrogen-bond donors (Lipinski definition) is 2. The summed E-state index contributed by atoms with van der Waals surface area (Å²) in [5, 5.41) is 20.2. The molecule has 1 saturated heterocycles. The average molecular weight is 451 g/mol. The van der Waals surface area contributed by atoms with Gasteiger partial charge in [-0.3, -0.25) is 14.6 Å². The summed E-state index contributed by atoms with van der Waals surface area (Å²) >= 11 is 0. The Kier molecular flexibility index (Phi) is 5.43. The number of rotatable bonds is 6. The monoisotopic (exact) mass is 451 g/mol. The maximum atomic E-state index is 12.3. The number of carboxylic acids is 2. The number of nitrogens with zero attached hydrogens (tertiary/aromatic N) is 3. The van der Waals surface area contributed by atoms with Crippen LogP contribution in [0.3, 0.4) is 0 Å². The van der Waals surface area contributed by atoms with Gasteiger partial charge in [0.25, 0.3) is 0 Å². The van der Waals surface area contributed by atoms with Crippen molar-refractivity contribution in [3.63, 3.8) is 0 Å². The summed E-state index contributed by atoms with van der Waals surface area (Å²) < 4.78 is 12.7. The minimum atomic E-state index is -1.03. The van der Waals surface area contributed by atoms with Crippen LogP contribution in [0.1, 0.15) is 27.5 Å². The summed E-state index contributed by atoms with van der Waals surface area (Å²) in [6.07, 6.45) is 1.80. The summed E-state index contributed by atoms with van der Waals surface area (Å²) in [5.41, 5.74) is 2.69. The molecule has 0 radical (unpaired) electrons. The van der Waals surface area contributed by atoms with E-state index in [1.54, 1.807) is 24.4 Å². The molecule has 9 nitrogen and oxygen atoms in total. The lowest BCUT2D eigenvalue weighted by atomic mass is 10.0. The summed E-state index contributed by atoms with van der Waals surface area (Å²) in [6, 6.07) is 9.93. The van der Waals surface area contributed by atoms with Gasteiger partial charge < -0.3 is 24.3 Å². The molecule has 2 N–H and O–H groups in total. The lowest BCUT2D eigenvalue weighted by Gasteiger charge is -2.37. The van der Waals surface area contributed by atoms with Crippen molar-refractivity contribution in [2.45, 2.75) is 12.6 Å². The lowest BCUT2D eigenvalue weighted by Crippen LogP contribution is -2.48. The lowest BCUT2D eigenvalue weighted by molar-refractivity contribution is -0.144. The Labute approximate surface area is 190 Å². The zero-order chi connectivity index (χ0) is 23.1. The first-order valence-corrected chi connectivity index (χ1v) is 10.8. The molecule has 3 heterocycles. The van der Waals surface area contributed by atoms with Crippen molar-refractivity contribution in [3.05, 3.63) is 59.3 Å². The minimum Gasteiger partial charge on any atom is -0.480 e. The maximum absolute atomic E-state index is 12.3. The summed E-state index contributed by atoms with van der Waals surface area (Å²) in [6.45, 7) is 3.63. The number of benzene rings is 2. The summed E-state index contributed by atoms with van der Waals surface area (Å²) in [4.78, 5) is 28.1. The molecular formula is C24H25N3O6. The molecule has 0 saturated carbocycles. The standard InChI is InChI=1S/C24H25N3O6/c1-25-13-18(17-11-16(23(28)29)3-4-19(17)25)22(24(30)31)27-8-6-26(7-9-27)12-15-2-5-20-21(10-15)33-14-32-20/h2-5,10-11,13,22H,6-9,12,14H2,1H3,(H,28,29)(H,30,31)/t22-/m0/s1. The Bertz CT molecular complexity index is 1230. The van der Waals surface area contributed by atoms with Gasteiger partial charge in [-0.05, 0) is 35.9 Å². The minimum absolute atomic E-state index is 0.146. The van der Waals surface area contributed by atoms with E-state index < -0.39 is 18.0 Å². The molecule has 0 spiro atoms. The van der Waals surface area contributed by atoms with Crippen LogP contribution in [-0.4, -0.2) is 69.5 Å². The molecule has 2 aliphatic rings. The van der Waals surface area contributed by atoms with E-state index in [1.807, 2.05) is 34.7 Å². The van der Waals surface area contributed by atoms with E-state index >= 15 is 0 Å². The van der Waals surface area contributed by atoms with E-state index in [0.717, 1.165) is 42.2 Å². The number of fused-ring (bicyclic) bond motifs is 2. The fourth-order valence-electron chi connectivity index (χ4n) is 4.74. The predicted octanol–water partition coefficient (Wildman–Crippen LogP) is 2.55. The largest absolute Gasteiger partial charge is 0.480 e. The van der Waals surface area contributed by atoms with E-state index in [4.69, 9.17) is 9.47 Å². The van der Waals surface area contributed by atoms with Crippen LogP contribution in [0, 0.1) is 0 Å². The SMILES string of the molecule is Cn1cc([C@@H](C(=O)O)N2CCN(Cc3ccc4c(c3)OCO4)CC2)c2cc(C(=O)O)ccc21. The Morgan fingerprint density at radius 1 is 1.00 bits per heavy atom. The van der Waals surface area contributed by atoms with E-state index in [1.165, 1.54) is 0 Å². The fraction of sp³-hybridized carbons (Fsp3) is 0.333. The van der Waals surface area contributed by atoms with Crippen molar-refractivity contribution in [1.82, 2.24) is 14.4 Å². The number of aromatic nitrogens is 1. The highest BCUT2D eigenvalue weighted by Crippen LogP contribution is 2.34. The fourth-order valence-corrected chi connectivity index (χ4v) is 4.74. The van der Waals surface area contributed by atoms with Crippen LogP contribution in [0.5, 0.6) is 11.5 Å². The number of aliphatic carboxylic acids is 1. The van der Waals surface area contributed by atoms with Crippen molar-refractivity contribution in [2.24, 2.45) is 7.05 Å². The third-order valence-electron chi connectivity index (χ3n) is 6.41. The number of aromatic carboxylic acids is 1. The zero-order valence-corrected chi connectivity index (χ0v) is 18.2. The van der Waals surface area contributed by atoms with Crippen LogP contribution in [0.4, 0.5) is 0 Å². The van der Waals surface area contributed by atoms with Crippen LogP contribution in [0.15, 0.2) is 42.6 Å². The topological polar surface area (TPSA) is 104 Å². The zero-order valence-electron chi connectivity index (χ0n) is 18.2. The number of hydrogen-bond acceptors (Lipinski definition) is 6. The molecule has 2 aromatic carbocycles. The highest BCUT2D eigenvalue weighted by Gasteiger charge is 2.33. The van der Waals surface area contributed by atoms with Gasteiger partial charge in [0.2, 0.25) is 6.79 Å². The third-order valence-corrected chi connectivity index (χ3v) is 6.41. The number of piperazine rings is 1. The highest BCUT2D eigenvalue weighted by molar-refractivity contribution is 5.96. The highest BCUT2D eigenvalue weighted by atomic mass is 16.7. The number of carbonyl (C=O) groups is 2. The molecule has 2 aliphatic heterocycles. The van der Waals surface area contributed by atoms with E-state index in [2.05, 4.69) is 4.90 Å². The second kappa shape index (κ2) is 8.42. The average Bonchev–Trinajstić information content (AvgIpc) is 3.39. The molecular weight excluding hydrogens is 426 g/mol. The molecule has 9 heteroatoms. The molecule has 3 aromatic rings. The van der Waals surface area contributed by atoms with Crippen LogP contribution < -0.4 is 9.47 Å². The van der Waals surface area contributed by atoms with E-state index in [0.29, 0.717) is 24.0 Å². The Hall–Kier alpha value is -3.56. The van der Waals surface area contributed by atoms with E-state index in [-0.39, 0.29) is 12.4 Å². The number of carboxylic acid groups (broad SMARTS) is 2. The molecule has 0 amide bonds. The molecule has 1 fully saturated rings. The third kappa shape index (κ3) is 4.01.